The second-order valence-electron chi connectivity index (χ2n) is 6.34. The average molecular weight is 391 g/mol. The lowest BCUT2D eigenvalue weighted by molar-refractivity contribution is 0.102. The number of hydrogen-bond acceptors (Lipinski definition) is 4. The number of nitrogens with zero attached hydrogens (tertiary/aromatic N) is 1. The van der Waals surface area contributed by atoms with E-state index in [9.17, 15) is 4.79 Å². The van der Waals surface area contributed by atoms with Crippen LogP contribution in [0.1, 0.15) is 21.5 Å². The third-order valence-corrected chi connectivity index (χ3v) is 5.63. The number of aryl methyl sites for hydroxylation is 1. The lowest BCUT2D eigenvalue weighted by atomic mass is 10.1. The number of thioether (sulfide) groups is 1. The van der Waals surface area contributed by atoms with Crippen molar-refractivity contribution in [1.29, 1.82) is 0 Å². The van der Waals surface area contributed by atoms with E-state index in [4.69, 9.17) is 16.3 Å². The Balaban J connectivity index is 1.71. The van der Waals surface area contributed by atoms with Crippen LogP contribution in [0.4, 0.5) is 5.69 Å². The van der Waals surface area contributed by atoms with Crippen molar-refractivity contribution in [3.63, 3.8) is 0 Å². The molecule has 4 nitrogen and oxygen atoms in total. The van der Waals surface area contributed by atoms with E-state index < -0.39 is 0 Å². The molecule has 0 spiro atoms. The summed E-state index contributed by atoms with van der Waals surface area (Å²) in [5.41, 5.74) is 3.54. The van der Waals surface area contributed by atoms with Crippen molar-refractivity contribution in [1.82, 2.24) is 4.90 Å². The SMILES string of the molecule is COc1ccc(Cl)cc1C(=O)Nc1ccc(CN2CCSCC2)cc1C. The molecule has 0 aromatic heterocycles. The minimum Gasteiger partial charge on any atom is -0.496 e. The number of anilines is 1. The van der Waals surface area contributed by atoms with Gasteiger partial charge in [-0.25, -0.2) is 0 Å². The second-order valence-corrected chi connectivity index (χ2v) is 8.00. The summed E-state index contributed by atoms with van der Waals surface area (Å²) in [5.74, 6) is 2.68. The number of nitrogens with one attached hydrogen (secondary N) is 1. The fourth-order valence-electron chi connectivity index (χ4n) is 3.03. The van der Waals surface area contributed by atoms with Crippen molar-refractivity contribution >= 4 is 35.0 Å². The van der Waals surface area contributed by atoms with Crippen LogP contribution in [0.2, 0.25) is 5.02 Å². The lowest BCUT2D eigenvalue weighted by Gasteiger charge is -2.26. The molecule has 1 N–H and O–H groups in total. The molecule has 2 aromatic carbocycles. The van der Waals surface area contributed by atoms with Crippen molar-refractivity contribution in [3.8, 4) is 5.75 Å². The van der Waals surface area contributed by atoms with E-state index in [0.29, 0.717) is 16.3 Å². The topological polar surface area (TPSA) is 41.6 Å². The number of carbonyl (C=O) groups excluding carboxylic acids is 1. The zero-order chi connectivity index (χ0) is 18.5. The van der Waals surface area contributed by atoms with Crippen molar-refractivity contribution in [3.05, 3.63) is 58.1 Å². The third kappa shape index (κ3) is 4.72. The molecular formula is C20H23ClN2O2S. The van der Waals surface area contributed by atoms with E-state index in [1.807, 2.05) is 24.8 Å². The quantitative estimate of drug-likeness (QED) is 0.818. The number of rotatable bonds is 5. The van der Waals surface area contributed by atoms with Gasteiger partial charge in [0, 0.05) is 41.8 Å². The largest absolute Gasteiger partial charge is 0.496 e. The zero-order valence-corrected chi connectivity index (χ0v) is 16.6. The number of halogens is 1. The van der Waals surface area contributed by atoms with Crippen molar-refractivity contribution in [2.24, 2.45) is 0 Å². The molecule has 2 aromatic rings. The molecule has 0 aliphatic carbocycles. The first-order valence-electron chi connectivity index (χ1n) is 8.61. The number of ether oxygens (including phenoxy) is 1. The zero-order valence-electron chi connectivity index (χ0n) is 15.0. The summed E-state index contributed by atoms with van der Waals surface area (Å²) < 4.78 is 5.27. The first kappa shape index (κ1) is 19.1. The summed E-state index contributed by atoms with van der Waals surface area (Å²) in [5, 5.41) is 3.47. The predicted molar refractivity (Wildman–Crippen MR) is 110 cm³/mol. The fraction of sp³-hybridized carbons (Fsp3) is 0.350. The Morgan fingerprint density at radius 1 is 1.23 bits per heavy atom. The van der Waals surface area contributed by atoms with Gasteiger partial charge in [-0.05, 0) is 42.3 Å². The molecule has 1 heterocycles. The number of benzene rings is 2. The van der Waals surface area contributed by atoms with Crippen LogP contribution in [0.3, 0.4) is 0 Å². The van der Waals surface area contributed by atoms with E-state index in [-0.39, 0.29) is 5.91 Å². The Kier molecular flexibility index (Phi) is 6.46. The Labute approximate surface area is 163 Å². The van der Waals surface area contributed by atoms with Crippen LogP contribution < -0.4 is 10.1 Å². The monoisotopic (exact) mass is 390 g/mol. The molecule has 1 amide bonds. The molecule has 0 unspecified atom stereocenters. The summed E-state index contributed by atoms with van der Waals surface area (Å²) in [6.45, 7) is 5.24. The maximum atomic E-state index is 12.6. The van der Waals surface area contributed by atoms with Crippen LogP contribution in [0, 0.1) is 6.92 Å². The Hall–Kier alpha value is -1.69. The molecule has 6 heteroatoms. The molecule has 0 bridgehead atoms. The minimum atomic E-state index is -0.228. The molecular weight excluding hydrogens is 368 g/mol. The molecule has 3 rings (SSSR count). The van der Waals surface area contributed by atoms with Gasteiger partial charge in [0.15, 0.2) is 0 Å². The lowest BCUT2D eigenvalue weighted by Crippen LogP contribution is -2.31. The van der Waals surface area contributed by atoms with E-state index in [1.165, 1.54) is 17.1 Å². The molecule has 1 aliphatic rings. The first-order valence-corrected chi connectivity index (χ1v) is 10.1. The van der Waals surface area contributed by atoms with Crippen molar-refractivity contribution < 1.29 is 9.53 Å². The molecule has 138 valence electrons. The van der Waals surface area contributed by atoms with Crippen LogP contribution in [0.25, 0.3) is 0 Å². The molecule has 1 fully saturated rings. The highest BCUT2D eigenvalue weighted by Gasteiger charge is 2.15. The Bertz CT molecular complexity index is 791. The van der Waals surface area contributed by atoms with E-state index in [2.05, 4.69) is 22.3 Å². The highest BCUT2D eigenvalue weighted by Crippen LogP contribution is 2.25. The maximum absolute atomic E-state index is 12.6. The highest BCUT2D eigenvalue weighted by molar-refractivity contribution is 7.99. The number of carbonyl (C=O) groups is 1. The number of methoxy groups -OCH3 is 1. The first-order chi connectivity index (χ1) is 12.6. The van der Waals surface area contributed by atoms with Gasteiger partial charge in [0.2, 0.25) is 0 Å². The third-order valence-electron chi connectivity index (χ3n) is 4.46. The molecule has 0 saturated carbocycles. The van der Waals surface area contributed by atoms with Gasteiger partial charge in [-0.2, -0.15) is 11.8 Å². The van der Waals surface area contributed by atoms with Gasteiger partial charge in [-0.1, -0.05) is 23.7 Å². The van der Waals surface area contributed by atoms with E-state index in [0.717, 1.165) is 30.9 Å². The normalized spacial score (nSPS) is 14.9. The Morgan fingerprint density at radius 3 is 2.69 bits per heavy atom. The van der Waals surface area contributed by atoms with E-state index >= 15 is 0 Å². The predicted octanol–water partition coefficient (Wildman–Crippen LogP) is 4.46. The van der Waals surface area contributed by atoms with Crippen LogP contribution in [-0.2, 0) is 6.54 Å². The van der Waals surface area contributed by atoms with E-state index in [1.54, 1.807) is 25.3 Å². The number of amides is 1. The van der Waals surface area contributed by atoms with Crippen LogP contribution in [0.15, 0.2) is 36.4 Å². The van der Waals surface area contributed by atoms with Crippen LogP contribution >= 0.6 is 23.4 Å². The second kappa shape index (κ2) is 8.80. The molecule has 0 atom stereocenters. The van der Waals surface area contributed by atoms with Crippen LogP contribution in [0.5, 0.6) is 5.75 Å². The van der Waals surface area contributed by atoms with Gasteiger partial charge in [0.25, 0.3) is 5.91 Å². The fourth-order valence-corrected chi connectivity index (χ4v) is 4.18. The average Bonchev–Trinajstić information content (AvgIpc) is 2.64. The molecule has 0 radical (unpaired) electrons. The standard InChI is InChI=1S/C20H23ClN2O2S/c1-14-11-15(13-23-7-9-26-10-8-23)3-5-18(14)22-20(24)17-12-16(21)4-6-19(17)25-2/h3-6,11-12H,7-10,13H2,1-2H3,(H,22,24). The molecule has 1 aliphatic heterocycles. The summed E-state index contributed by atoms with van der Waals surface area (Å²) in [6, 6.07) is 11.2. The highest BCUT2D eigenvalue weighted by atomic mass is 35.5. The summed E-state index contributed by atoms with van der Waals surface area (Å²) >= 11 is 8.04. The molecule has 26 heavy (non-hydrogen) atoms. The Morgan fingerprint density at radius 2 is 2.00 bits per heavy atom. The van der Waals surface area contributed by atoms with Crippen molar-refractivity contribution in [2.45, 2.75) is 13.5 Å². The van der Waals surface area contributed by atoms with Gasteiger partial charge >= 0.3 is 0 Å². The molecule has 1 saturated heterocycles. The maximum Gasteiger partial charge on any atom is 0.259 e. The van der Waals surface area contributed by atoms with Gasteiger partial charge < -0.3 is 10.1 Å². The minimum absolute atomic E-state index is 0.228. The summed E-state index contributed by atoms with van der Waals surface area (Å²) in [4.78, 5) is 15.1. The summed E-state index contributed by atoms with van der Waals surface area (Å²) in [6.07, 6.45) is 0. The van der Waals surface area contributed by atoms with Gasteiger partial charge in [0.05, 0.1) is 12.7 Å². The van der Waals surface area contributed by atoms with Crippen LogP contribution in [-0.4, -0.2) is 42.5 Å². The number of hydrogen-bond donors (Lipinski definition) is 1. The smallest absolute Gasteiger partial charge is 0.259 e. The summed E-state index contributed by atoms with van der Waals surface area (Å²) in [7, 11) is 1.54. The van der Waals surface area contributed by atoms with Gasteiger partial charge in [-0.3, -0.25) is 9.69 Å². The van der Waals surface area contributed by atoms with Crippen molar-refractivity contribution in [2.75, 3.05) is 37.0 Å². The van der Waals surface area contributed by atoms with Gasteiger partial charge in [0.1, 0.15) is 5.75 Å². The van der Waals surface area contributed by atoms with Gasteiger partial charge in [-0.15, -0.1) is 0 Å².